The molecule has 0 atom stereocenters. The van der Waals surface area contributed by atoms with E-state index in [-0.39, 0.29) is 0 Å². The van der Waals surface area contributed by atoms with Gasteiger partial charge in [0.05, 0.1) is 19.8 Å². The van der Waals surface area contributed by atoms with Crippen LogP contribution in [0.5, 0.6) is 11.5 Å². The highest BCUT2D eigenvalue weighted by Gasteiger charge is 2.20. The molecule has 1 saturated carbocycles. The molecule has 0 bridgehead atoms. The molecule has 0 spiro atoms. The van der Waals surface area contributed by atoms with Crippen molar-refractivity contribution >= 4 is 17.3 Å². The Hall–Kier alpha value is -2.21. The van der Waals surface area contributed by atoms with E-state index in [2.05, 4.69) is 39.2 Å². The molecule has 1 aliphatic rings. The molecule has 3 rings (SSSR count). The highest BCUT2D eigenvalue weighted by Crippen LogP contribution is 2.34. The fourth-order valence-electron chi connectivity index (χ4n) is 3.15. The van der Waals surface area contributed by atoms with Gasteiger partial charge in [-0.05, 0) is 43.2 Å². The number of nitrogens with one attached hydrogen (secondary N) is 2. The molecule has 1 aromatic carbocycles. The molecule has 1 aliphatic carbocycles. The van der Waals surface area contributed by atoms with E-state index in [0.717, 1.165) is 42.4 Å². The predicted molar refractivity (Wildman–Crippen MR) is 107 cm³/mol. The fraction of sp³-hybridized carbons (Fsp3) is 0.450. The van der Waals surface area contributed by atoms with Gasteiger partial charge in [-0.2, -0.15) is 0 Å². The van der Waals surface area contributed by atoms with Gasteiger partial charge < -0.3 is 20.1 Å². The zero-order valence-electron chi connectivity index (χ0n) is 15.5. The Bertz CT molecular complexity index is 710. The highest BCUT2D eigenvalue weighted by molar-refractivity contribution is 7.09. The van der Waals surface area contributed by atoms with Crippen molar-refractivity contribution in [1.82, 2.24) is 10.6 Å². The zero-order valence-corrected chi connectivity index (χ0v) is 16.3. The molecule has 1 aromatic heterocycles. The molecule has 1 fully saturated rings. The predicted octanol–water partition coefficient (Wildman–Crippen LogP) is 3.94. The SMILES string of the molecule is CN=C(NCc1cccs1)NCc1cccc(OC)c1OC1CCCC1. The number of aliphatic imine (C=N–C) groups is 1. The molecule has 140 valence electrons. The molecule has 6 heteroatoms. The summed E-state index contributed by atoms with van der Waals surface area (Å²) < 4.78 is 11.8. The number of nitrogens with zero attached hydrogens (tertiary/aromatic N) is 1. The number of rotatable bonds is 7. The van der Waals surface area contributed by atoms with Crippen molar-refractivity contribution in [2.45, 2.75) is 44.9 Å². The van der Waals surface area contributed by atoms with Gasteiger partial charge in [-0.1, -0.05) is 18.2 Å². The maximum atomic E-state index is 6.29. The van der Waals surface area contributed by atoms with Crippen LogP contribution in [0.3, 0.4) is 0 Å². The van der Waals surface area contributed by atoms with Crippen LogP contribution in [-0.2, 0) is 13.1 Å². The van der Waals surface area contributed by atoms with Gasteiger partial charge in [-0.15, -0.1) is 11.3 Å². The number of hydrogen-bond acceptors (Lipinski definition) is 4. The topological polar surface area (TPSA) is 54.9 Å². The Kier molecular flexibility index (Phi) is 6.77. The summed E-state index contributed by atoms with van der Waals surface area (Å²) in [7, 11) is 3.47. The van der Waals surface area contributed by atoms with Crippen LogP contribution in [0.2, 0.25) is 0 Å². The lowest BCUT2D eigenvalue weighted by atomic mass is 10.1. The summed E-state index contributed by atoms with van der Waals surface area (Å²) in [6, 6.07) is 10.2. The first-order valence-electron chi connectivity index (χ1n) is 9.09. The molecule has 0 unspecified atom stereocenters. The van der Waals surface area contributed by atoms with E-state index >= 15 is 0 Å². The van der Waals surface area contributed by atoms with Gasteiger partial charge in [-0.3, -0.25) is 4.99 Å². The third-order valence-electron chi connectivity index (χ3n) is 4.55. The molecular weight excluding hydrogens is 346 g/mol. The zero-order chi connectivity index (χ0) is 18.2. The molecule has 5 nitrogen and oxygen atoms in total. The van der Waals surface area contributed by atoms with Crippen molar-refractivity contribution in [2.75, 3.05) is 14.2 Å². The van der Waals surface area contributed by atoms with E-state index in [1.165, 1.54) is 17.7 Å². The van der Waals surface area contributed by atoms with Crippen LogP contribution in [0.15, 0.2) is 40.7 Å². The summed E-state index contributed by atoms with van der Waals surface area (Å²) in [4.78, 5) is 5.58. The van der Waals surface area contributed by atoms with Crippen molar-refractivity contribution in [1.29, 1.82) is 0 Å². The number of benzene rings is 1. The minimum atomic E-state index is 0.293. The second-order valence-corrected chi connectivity index (χ2v) is 7.36. The minimum Gasteiger partial charge on any atom is -0.493 e. The van der Waals surface area contributed by atoms with Gasteiger partial charge in [-0.25, -0.2) is 0 Å². The highest BCUT2D eigenvalue weighted by atomic mass is 32.1. The van der Waals surface area contributed by atoms with E-state index in [9.17, 15) is 0 Å². The number of guanidine groups is 1. The molecule has 0 radical (unpaired) electrons. The van der Waals surface area contributed by atoms with Gasteiger partial charge in [0, 0.05) is 24.0 Å². The van der Waals surface area contributed by atoms with Gasteiger partial charge in [0.1, 0.15) is 0 Å². The third-order valence-corrected chi connectivity index (χ3v) is 5.42. The van der Waals surface area contributed by atoms with Gasteiger partial charge >= 0.3 is 0 Å². The van der Waals surface area contributed by atoms with Gasteiger partial charge in [0.15, 0.2) is 17.5 Å². The largest absolute Gasteiger partial charge is 0.493 e. The first-order valence-corrected chi connectivity index (χ1v) is 9.97. The van der Waals surface area contributed by atoms with Crippen molar-refractivity contribution in [2.24, 2.45) is 4.99 Å². The molecule has 0 aliphatic heterocycles. The second kappa shape index (κ2) is 9.48. The minimum absolute atomic E-state index is 0.293. The van der Waals surface area contributed by atoms with Crippen molar-refractivity contribution in [3.05, 3.63) is 46.2 Å². The van der Waals surface area contributed by atoms with Crippen LogP contribution < -0.4 is 20.1 Å². The van der Waals surface area contributed by atoms with E-state index in [0.29, 0.717) is 12.6 Å². The van der Waals surface area contributed by atoms with Crippen LogP contribution >= 0.6 is 11.3 Å². The number of hydrogen-bond donors (Lipinski definition) is 2. The molecule has 0 saturated heterocycles. The smallest absolute Gasteiger partial charge is 0.191 e. The average molecular weight is 374 g/mol. The lowest BCUT2D eigenvalue weighted by Crippen LogP contribution is -2.36. The molecule has 1 heterocycles. The lowest BCUT2D eigenvalue weighted by Gasteiger charge is -2.20. The quantitative estimate of drug-likeness (QED) is 0.570. The Morgan fingerprint density at radius 2 is 1.96 bits per heavy atom. The summed E-state index contributed by atoms with van der Waals surface area (Å²) in [6.07, 6.45) is 5.02. The fourth-order valence-corrected chi connectivity index (χ4v) is 3.80. The van der Waals surface area contributed by atoms with Gasteiger partial charge in [0.25, 0.3) is 0 Å². The Balaban J connectivity index is 1.63. The summed E-state index contributed by atoms with van der Waals surface area (Å²) in [5.41, 5.74) is 1.08. The maximum absolute atomic E-state index is 6.29. The van der Waals surface area contributed by atoms with E-state index < -0.39 is 0 Å². The number of para-hydroxylation sites is 1. The lowest BCUT2D eigenvalue weighted by molar-refractivity contribution is 0.198. The molecule has 2 N–H and O–H groups in total. The van der Waals surface area contributed by atoms with Crippen LogP contribution in [0.1, 0.15) is 36.1 Å². The maximum Gasteiger partial charge on any atom is 0.191 e. The monoisotopic (exact) mass is 373 g/mol. The molecule has 0 amide bonds. The normalized spacial score (nSPS) is 15.1. The third kappa shape index (κ3) is 4.91. The Morgan fingerprint density at radius 1 is 1.15 bits per heavy atom. The summed E-state index contributed by atoms with van der Waals surface area (Å²) in [5, 5.41) is 8.79. The van der Waals surface area contributed by atoms with Crippen LogP contribution in [0, 0.1) is 0 Å². The first kappa shape index (κ1) is 18.6. The average Bonchev–Trinajstić information content (AvgIpc) is 3.36. The standard InChI is InChI=1S/C20H27N3O2S/c1-21-20(23-14-17-10-6-12-26-17)22-13-15-7-5-11-18(24-2)19(15)25-16-8-3-4-9-16/h5-7,10-12,16H,3-4,8-9,13-14H2,1-2H3,(H2,21,22,23). The number of thiophene rings is 1. The van der Waals surface area contributed by atoms with Crippen molar-refractivity contribution in [3.63, 3.8) is 0 Å². The number of ether oxygens (including phenoxy) is 2. The first-order chi connectivity index (χ1) is 12.8. The van der Waals surface area contributed by atoms with E-state index in [1.807, 2.05) is 12.1 Å². The molecule has 26 heavy (non-hydrogen) atoms. The van der Waals surface area contributed by atoms with E-state index in [1.54, 1.807) is 25.5 Å². The Morgan fingerprint density at radius 3 is 2.65 bits per heavy atom. The van der Waals surface area contributed by atoms with Gasteiger partial charge in [0.2, 0.25) is 0 Å². The van der Waals surface area contributed by atoms with E-state index in [4.69, 9.17) is 9.47 Å². The van der Waals surface area contributed by atoms with Crippen LogP contribution in [-0.4, -0.2) is 26.2 Å². The molecule has 2 aromatic rings. The summed E-state index contributed by atoms with van der Waals surface area (Å²) in [6.45, 7) is 1.39. The second-order valence-electron chi connectivity index (χ2n) is 6.33. The van der Waals surface area contributed by atoms with Crippen LogP contribution in [0.4, 0.5) is 0 Å². The van der Waals surface area contributed by atoms with Crippen LogP contribution in [0.25, 0.3) is 0 Å². The molecular formula is C20H27N3O2S. The Labute approximate surface area is 159 Å². The number of methoxy groups -OCH3 is 1. The van der Waals surface area contributed by atoms with Crippen molar-refractivity contribution in [3.8, 4) is 11.5 Å². The summed E-state index contributed by atoms with van der Waals surface area (Å²) in [5.74, 6) is 2.41. The summed E-state index contributed by atoms with van der Waals surface area (Å²) >= 11 is 1.73. The van der Waals surface area contributed by atoms with Crippen molar-refractivity contribution < 1.29 is 9.47 Å².